The average molecular weight is 533 g/mol. The number of nitrogens with zero attached hydrogens (tertiary/aromatic N) is 2. The highest BCUT2D eigenvalue weighted by molar-refractivity contribution is 5.97. The standard InChI is InChI=1S/C29H35F3N2O4/c1-17(2)37-25-14-24-23(13-22(25)27(35)36-6)33-26(34(24)20-11-18(3)15-28(4,5)16-20)12-19-7-9-21(10-8-19)38-29(30,31)32/h7-10,13-14,17-18,20H,11-12,15-16H2,1-6H3. The second kappa shape index (κ2) is 10.5. The number of hydrogen-bond acceptors (Lipinski definition) is 5. The summed E-state index contributed by atoms with van der Waals surface area (Å²) in [5.41, 5.74) is 2.73. The summed E-state index contributed by atoms with van der Waals surface area (Å²) in [5, 5.41) is 0. The van der Waals surface area contributed by atoms with Gasteiger partial charge >= 0.3 is 12.3 Å². The van der Waals surface area contributed by atoms with Crippen molar-refractivity contribution in [3.8, 4) is 11.5 Å². The van der Waals surface area contributed by atoms with Gasteiger partial charge in [0.1, 0.15) is 22.9 Å². The van der Waals surface area contributed by atoms with E-state index in [2.05, 4.69) is 30.1 Å². The van der Waals surface area contributed by atoms with Crippen molar-refractivity contribution in [3.05, 3.63) is 53.3 Å². The Kier molecular flexibility index (Phi) is 7.68. The molecular weight excluding hydrogens is 497 g/mol. The molecule has 0 spiro atoms. The van der Waals surface area contributed by atoms with Gasteiger partial charge in [-0.1, -0.05) is 32.9 Å². The third kappa shape index (κ3) is 6.42. The summed E-state index contributed by atoms with van der Waals surface area (Å²) in [5.74, 6) is 0.941. The number of hydrogen-bond donors (Lipinski definition) is 0. The van der Waals surface area contributed by atoms with Gasteiger partial charge in [-0.25, -0.2) is 9.78 Å². The zero-order valence-corrected chi connectivity index (χ0v) is 22.7. The van der Waals surface area contributed by atoms with Gasteiger partial charge in [0, 0.05) is 18.5 Å². The molecule has 1 heterocycles. The van der Waals surface area contributed by atoms with Gasteiger partial charge in [0.2, 0.25) is 0 Å². The summed E-state index contributed by atoms with van der Waals surface area (Å²) in [6.07, 6.45) is -1.45. The number of halogens is 3. The molecule has 0 N–H and O–H groups in total. The Balaban J connectivity index is 1.82. The minimum Gasteiger partial charge on any atom is -0.490 e. The molecule has 0 aliphatic heterocycles. The predicted octanol–water partition coefficient (Wildman–Crippen LogP) is 7.49. The molecule has 2 aromatic carbocycles. The van der Waals surface area contributed by atoms with E-state index in [4.69, 9.17) is 14.5 Å². The zero-order valence-electron chi connectivity index (χ0n) is 22.7. The van der Waals surface area contributed by atoms with E-state index < -0.39 is 12.3 Å². The van der Waals surface area contributed by atoms with E-state index in [1.54, 1.807) is 18.2 Å². The number of fused-ring (bicyclic) bond motifs is 1. The molecule has 1 aromatic heterocycles. The summed E-state index contributed by atoms with van der Waals surface area (Å²) in [6, 6.07) is 9.59. The minimum atomic E-state index is -4.74. The molecule has 2 unspecified atom stereocenters. The lowest BCUT2D eigenvalue weighted by Crippen LogP contribution is -2.30. The number of ether oxygens (including phenoxy) is 3. The molecule has 0 saturated heterocycles. The Bertz CT molecular complexity index is 1300. The van der Waals surface area contributed by atoms with Crippen LogP contribution in [0.15, 0.2) is 36.4 Å². The zero-order chi connectivity index (χ0) is 27.8. The van der Waals surface area contributed by atoms with Crippen LogP contribution in [0.5, 0.6) is 11.5 Å². The first-order valence-electron chi connectivity index (χ1n) is 12.9. The van der Waals surface area contributed by atoms with Crippen LogP contribution < -0.4 is 9.47 Å². The van der Waals surface area contributed by atoms with Crippen molar-refractivity contribution in [2.24, 2.45) is 11.3 Å². The van der Waals surface area contributed by atoms with E-state index in [0.29, 0.717) is 29.2 Å². The van der Waals surface area contributed by atoms with Crippen molar-refractivity contribution in [1.82, 2.24) is 9.55 Å². The van der Waals surface area contributed by atoms with E-state index >= 15 is 0 Å². The molecule has 6 nitrogen and oxygen atoms in total. The molecule has 0 radical (unpaired) electrons. The molecule has 1 aliphatic rings. The van der Waals surface area contributed by atoms with E-state index in [1.165, 1.54) is 19.2 Å². The number of alkyl halides is 3. The van der Waals surface area contributed by atoms with E-state index in [1.807, 2.05) is 19.9 Å². The third-order valence-corrected chi connectivity index (χ3v) is 6.88. The molecule has 0 amide bonds. The Morgan fingerprint density at radius 2 is 1.84 bits per heavy atom. The maximum absolute atomic E-state index is 12.6. The second-order valence-electron chi connectivity index (χ2n) is 11.3. The highest BCUT2D eigenvalue weighted by Crippen LogP contribution is 2.46. The number of esters is 1. The Labute approximate surface area is 221 Å². The van der Waals surface area contributed by atoms with E-state index in [0.717, 1.165) is 36.2 Å². The first kappa shape index (κ1) is 27.8. The number of imidazole rings is 1. The number of carbonyl (C=O) groups is 1. The van der Waals surface area contributed by atoms with Gasteiger partial charge in [0.05, 0.1) is 24.2 Å². The van der Waals surface area contributed by atoms with E-state index in [-0.39, 0.29) is 23.3 Å². The van der Waals surface area contributed by atoms with Crippen molar-refractivity contribution < 1.29 is 32.2 Å². The maximum atomic E-state index is 12.6. The lowest BCUT2D eigenvalue weighted by Gasteiger charge is -2.40. The molecule has 206 valence electrons. The molecule has 1 fully saturated rings. The smallest absolute Gasteiger partial charge is 0.490 e. The van der Waals surface area contributed by atoms with Crippen LogP contribution in [0.2, 0.25) is 0 Å². The van der Waals surface area contributed by atoms with Crippen LogP contribution >= 0.6 is 0 Å². The number of aromatic nitrogens is 2. The van der Waals surface area contributed by atoms with Gasteiger partial charge < -0.3 is 18.8 Å². The van der Waals surface area contributed by atoms with Crippen LogP contribution in [0.1, 0.15) is 81.7 Å². The van der Waals surface area contributed by atoms with Crippen molar-refractivity contribution in [2.75, 3.05) is 7.11 Å². The fraction of sp³-hybridized carbons (Fsp3) is 0.517. The SMILES string of the molecule is COC(=O)c1cc2nc(Cc3ccc(OC(F)(F)F)cc3)n(C3CC(C)CC(C)(C)C3)c2cc1OC(C)C. The quantitative estimate of drug-likeness (QED) is 0.295. The molecule has 2 atom stereocenters. The monoisotopic (exact) mass is 532 g/mol. The largest absolute Gasteiger partial charge is 0.573 e. The number of benzene rings is 2. The lowest BCUT2D eigenvalue weighted by molar-refractivity contribution is -0.274. The number of rotatable bonds is 7. The van der Waals surface area contributed by atoms with Crippen LogP contribution in [0.4, 0.5) is 13.2 Å². The van der Waals surface area contributed by atoms with Gasteiger partial charge in [-0.3, -0.25) is 0 Å². The van der Waals surface area contributed by atoms with Gasteiger partial charge in [-0.15, -0.1) is 13.2 Å². The maximum Gasteiger partial charge on any atom is 0.573 e. The highest BCUT2D eigenvalue weighted by Gasteiger charge is 2.35. The van der Waals surface area contributed by atoms with Crippen LogP contribution in [0.3, 0.4) is 0 Å². The second-order valence-corrected chi connectivity index (χ2v) is 11.3. The molecule has 1 aliphatic carbocycles. The van der Waals surface area contributed by atoms with Crippen LogP contribution in [0, 0.1) is 11.3 Å². The summed E-state index contributed by atoms with van der Waals surface area (Å²) >= 11 is 0. The number of methoxy groups -OCH3 is 1. The van der Waals surface area contributed by atoms with E-state index in [9.17, 15) is 18.0 Å². The molecule has 9 heteroatoms. The third-order valence-electron chi connectivity index (χ3n) is 6.88. The molecular formula is C29H35F3N2O4. The molecule has 38 heavy (non-hydrogen) atoms. The van der Waals surface area contributed by atoms with Crippen molar-refractivity contribution in [3.63, 3.8) is 0 Å². The topological polar surface area (TPSA) is 62.6 Å². The first-order valence-corrected chi connectivity index (χ1v) is 12.9. The van der Waals surface area contributed by atoms with Gasteiger partial charge in [-0.05, 0) is 68.2 Å². The lowest BCUT2D eigenvalue weighted by atomic mass is 9.70. The predicted molar refractivity (Wildman–Crippen MR) is 139 cm³/mol. The highest BCUT2D eigenvalue weighted by atomic mass is 19.4. The van der Waals surface area contributed by atoms with Gasteiger partial charge in [0.25, 0.3) is 0 Å². The van der Waals surface area contributed by atoms with Crippen molar-refractivity contribution >= 4 is 17.0 Å². The normalized spacial score (nSPS) is 19.5. The van der Waals surface area contributed by atoms with Gasteiger partial charge in [0.15, 0.2) is 0 Å². The molecule has 0 bridgehead atoms. The molecule has 1 saturated carbocycles. The Morgan fingerprint density at radius 3 is 2.42 bits per heavy atom. The Hall–Kier alpha value is -3.23. The Morgan fingerprint density at radius 1 is 1.16 bits per heavy atom. The average Bonchev–Trinajstić information content (AvgIpc) is 3.13. The summed E-state index contributed by atoms with van der Waals surface area (Å²) in [4.78, 5) is 17.5. The van der Waals surface area contributed by atoms with Gasteiger partial charge in [-0.2, -0.15) is 0 Å². The number of carbonyl (C=O) groups excluding carboxylic acids is 1. The first-order chi connectivity index (χ1) is 17.7. The molecule has 4 rings (SSSR count). The fourth-order valence-electron chi connectivity index (χ4n) is 5.81. The summed E-state index contributed by atoms with van der Waals surface area (Å²) in [6.45, 7) is 10.6. The van der Waals surface area contributed by atoms with Crippen LogP contribution in [-0.2, 0) is 11.2 Å². The van der Waals surface area contributed by atoms with Crippen LogP contribution in [-0.4, -0.2) is 35.1 Å². The van der Waals surface area contributed by atoms with Crippen molar-refractivity contribution in [1.29, 1.82) is 0 Å². The minimum absolute atomic E-state index is 0.135. The summed E-state index contributed by atoms with van der Waals surface area (Å²) < 4.78 is 55.1. The summed E-state index contributed by atoms with van der Waals surface area (Å²) in [7, 11) is 1.33. The van der Waals surface area contributed by atoms with Crippen molar-refractivity contribution in [2.45, 2.75) is 78.8 Å². The van der Waals surface area contributed by atoms with Crippen LogP contribution in [0.25, 0.3) is 11.0 Å². The fourth-order valence-corrected chi connectivity index (χ4v) is 5.81. The molecule has 3 aromatic rings.